The van der Waals surface area contributed by atoms with E-state index >= 15 is 0 Å². The summed E-state index contributed by atoms with van der Waals surface area (Å²) in [7, 11) is 1.39. The lowest BCUT2D eigenvalue weighted by atomic mass is 10.0. The Balaban J connectivity index is 1.70. The van der Waals surface area contributed by atoms with Gasteiger partial charge < -0.3 is 19.3 Å². The van der Waals surface area contributed by atoms with Crippen LogP contribution in [0.2, 0.25) is 0 Å². The van der Waals surface area contributed by atoms with Crippen molar-refractivity contribution in [3.63, 3.8) is 0 Å². The maximum atomic E-state index is 11.9. The van der Waals surface area contributed by atoms with Crippen LogP contribution in [-0.2, 0) is 16.0 Å². The second kappa shape index (κ2) is 11.2. The fourth-order valence-corrected chi connectivity index (χ4v) is 2.70. The van der Waals surface area contributed by atoms with Crippen molar-refractivity contribution in [2.75, 3.05) is 20.3 Å². The van der Waals surface area contributed by atoms with Crippen molar-refractivity contribution in [2.45, 2.75) is 32.8 Å². The van der Waals surface area contributed by atoms with Crippen LogP contribution in [0.5, 0.6) is 11.5 Å². The van der Waals surface area contributed by atoms with Gasteiger partial charge in [-0.15, -0.1) is 0 Å². The van der Waals surface area contributed by atoms with Crippen LogP contribution in [0.15, 0.2) is 48.5 Å². The molecule has 156 valence electrons. The van der Waals surface area contributed by atoms with Crippen molar-refractivity contribution in [2.24, 2.45) is 5.92 Å². The van der Waals surface area contributed by atoms with Gasteiger partial charge in [0, 0.05) is 31.4 Å². The summed E-state index contributed by atoms with van der Waals surface area (Å²) in [5, 5.41) is 9.02. The SMILES string of the molecule is COC(Cc1ccc(OCCCOc2ccc(C(=O)C(C)C)cc2)cc1)C(=O)O. The molecule has 0 aromatic heterocycles. The van der Waals surface area contributed by atoms with Gasteiger partial charge in [-0.3, -0.25) is 4.79 Å². The molecule has 0 saturated carbocycles. The third-order valence-electron chi connectivity index (χ3n) is 4.39. The minimum atomic E-state index is -0.978. The summed E-state index contributed by atoms with van der Waals surface area (Å²) < 4.78 is 16.3. The van der Waals surface area contributed by atoms with Gasteiger partial charge in [-0.2, -0.15) is 0 Å². The fourth-order valence-electron chi connectivity index (χ4n) is 2.70. The van der Waals surface area contributed by atoms with Gasteiger partial charge in [0.05, 0.1) is 13.2 Å². The normalized spacial score (nSPS) is 11.9. The molecule has 1 unspecified atom stereocenters. The van der Waals surface area contributed by atoms with Crippen LogP contribution in [0.1, 0.15) is 36.2 Å². The van der Waals surface area contributed by atoms with Gasteiger partial charge in [-0.25, -0.2) is 4.79 Å². The predicted molar refractivity (Wildman–Crippen MR) is 110 cm³/mol. The second-order valence-corrected chi connectivity index (χ2v) is 7.00. The van der Waals surface area contributed by atoms with Gasteiger partial charge in [0.1, 0.15) is 11.5 Å². The summed E-state index contributed by atoms with van der Waals surface area (Å²) >= 11 is 0. The van der Waals surface area contributed by atoms with Gasteiger partial charge in [0.2, 0.25) is 0 Å². The molecule has 0 bridgehead atoms. The lowest BCUT2D eigenvalue weighted by molar-refractivity contribution is -0.148. The molecule has 6 nitrogen and oxygen atoms in total. The number of hydrogen-bond donors (Lipinski definition) is 1. The Morgan fingerprint density at radius 1 is 0.897 bits per heavy atom. The van der Waals surface area contributed by atoms with Gasteiger partial charge >= 0.3 is 5.97 Å². The van der Waals surface area contributed by atoms with Crippen molar-refractivity contribution in [1.82, 2.24) is 0 Å². The molecule has 29 heavy (non-hydrogen) atoms. The molecule has 0 saturated heterocycles. The fraction of sp³-hybridized carbons (Fsp3) is 0.391. The van der Waals surface area contributed by atoms with E-state index in [1.807, 2.05) is 38.1 Å². The first kappa shape index (κ1) is 22.4. The molecule has 1 N–H and O–H groups in total. The first-order valence-corrected chi connectivity index (χ1v) is 9.65. The minimum absolute atomic E-state index is 0.0217. The molecule has 0 radical (unpaired) electrons. The monoisotopic (exact) mass is 400 g/mol. The van der Waals surface area contributed by atoms with Crippen LogP contribution in [-0.4, -0.2) is 43.3 Å². The van der Waals surface area contributed by atoms with E-state index in [4.69, 9.17) is 19.3 Å². The third kappa shape index (κ3) is 7.23. The Kier molecular flexibility index (Phi) is 8.68. The van der Waals surface area contributed by atoms with Crippen LogP contribution in [0.4, 0.5) is 0 Å². The van der Waals surface area contributed by atoms with E-state index in [9.17, 15) is 9.59 Å². The Labute approximate surface area is 171 Å². The summed E-state index contributed by atoms with van der Waals surface area (Å²) in [5.41, 5.74) is 1.56. The quantitative estimate of drug-likeness (QED) is 0.428. The number of carbonyl (C=O) groups is 2. The first-order valence-electron chi connectivity index (χ1n) is 9.65. The number of rotatable bonds is 12. The molecule has 6 heteroatoms. The molecule has 0 heterocycles. The maximum absolute atomic E-state index is 11.9. The summed E-state index contributed by atoms with van der Waals surface area (Å²) in [5.74, 6) is 0.563. The number of carbonyl (C=O) groups excluding carboxylic acids is 1. The van der Waals surface area contributed by atoms with Crippen molar-refractivity contribution in [3.8, 4) is 11.5 Å². The van der Waals surface area contributed by atoms with Gasteiger partial charge in [0.15, 0.2) is 11.9 Å². The molecule has 0 amide bonds. The summed E-state index contributed by atoms with van der Waals surface area (Å²) in [6, 6.07) is 14.5. The van der Waals surface area contributed by atoms with E-state index in [0.29, 0.717) is 31.6 Å². The van der Waals surface area contributed by atoms with E-state index in [1.54, 1.807) is 24.3 Å². The van der Waals surface area contributed by atoms with E-state index in [2.05, 4.69) is 0 Å². The van der Waals surface area contributed by atoms with Crippen LogP contribution in [0, 0.1) is 5.92 Å². The molecule has 2 rings (SSSR count). The molecule has 0 aliphatic carbocycles. The van der Waals surface area contributed by atoms with Crippen LogP contribution < -0.4 is 9.47 Å². The molecule has 2 aromatic carbocycles. The highest BCUT2D eigenvalue weighted by Gasteiger charge is 2.16. The van der Waals surface area contributed by atoms with E-state index in [-0.39, 0.29) is 11.7 Å². The average Bonchev–Trinajstić information content (AvgIpc) is 2.72. The predicted octanol–water partition coefficient (Wildman–Crippen LogP) is 4.02. The summed E-state index contributed by atoms with van der Waals surface area (Å²) in [4.78, 5) is 22.9. The number of aliphatic carboxylic acids is 1. The van der Waals surface area contributed by atoms with Crippen LogP contribution in [0.25, 0.3) is 0 Å². The van der Waals surface area contributed by atoms with Crippen molar-refractivity contribution < 1.29 is 28.9 Å². The lowest BCUT2D eigenvalue weighted by Gasteiger charge is -2.11. The number of carboxylic acid groups (broad SMARTS) is 1. The Morgan fingerprint density at radius 2 is 1.41 bits per heavy atom. The maximum Gasteiger partial charge on any atom is 0.333 e. The lowest BCUT2D eigenvalue weighted by Crippen LogP contribution is -2.24. The molecule has 0 fully saturated rings. The molecule has 2 aromatic rings. The van der Waals surface area contributed by atoms with Crippen molar-refractivity contribution in [1.29, 1.82) is 0 Å². The van der Waals surface area contributed by atoms with Crippen molar-refractivity contribution >= 4 is 11.8 Å². The molecule has 0 aliphatic heterocycles. The average molecular weight is 400 g/mol. The van der Waals surface area contributed by atoms with E-state index < -0.39 is 12.1 Å². The Hall–Kier alpha value is -2.86. The molecule has 0 aliphatic rings. The highest BCUT2D eigenvalue weighted by Crippen LogP contribution is 2.16. The number of ether oxygens (including phenoxy) is 3. The zero-order chi connectivity index (χ0) is 21.2. The van der Waals surface area contributed by atoms with Gasteiger partial charge in [0.25, 0.3) is 0 Å². The summed E-state index contributed by atoms with van der Waals surface area (Å²) in [6.07, 6.45) is 0.164. The Bertz CT molecular complexity index is 780. The molecule has 1 atom stereocenters. The second-order valence-electron chi connectivity index (χ2n) is 7.00. The number of hydrogen-bond acceptors (Lipinski definition) is 5. The largest absolute Gasteiger partial charge is 0.493 e. The zero-order valence-electron chi connectivity index (χ0n) is 17.1. The highest BCUT2D eigenvalue weighted by atomic mass is 16.5. The van der Waals surface area contributed by atoms with Crippen LogP contribution >= 0.6 is 0 Å². The highest BCUT2D eigenvalue weighted by molar-refractivity contribution is 5.97. The first-order chi connectivity index (χ1) is 13.9. The minimum Gasteiger partial charge on any atom is -0.493 e. The number of methoxy groups -OCH3 is 1. The van der Waals surface area contributed by atoms with Crippen molar-refractivity contribution in [3.05, 3.63) is 59.7 Å². The van der Waals surface area contributed by atoms with Crippen LogP contribution in [0.3, 0.4) is 0 Å². The number of carboxylic acids is 1. The molecular formula is C23H28O6. The topological polar surface area (TPSA) is 82.1 Å². The third-order valence-corrected chi connectivity index (χ3v) is 4.39. The number of ketones is 1. The van der Waals surface area contributed by atoms with Gasteiger partial charge in [-0.05, 0) is 42.0 Å². The smallest absolute Gasteiger partial charge is 0.333 e. The molecular weight excluding hydrogens is 372 g/mol. The van der Waals surface area contributed by atoms with Gasteiger partial charge in [-0.1, -0.05) is 26.0 Å². The number of benzene rings is 2. The standard InChI is InChI=1S/C23H28O6/c1-16(2)22(24)18-7-11-20(12-8-18)29-14-4-13-28-19-9-5-17(6-10-19)15-21(27-3)23(25)26/h5-12,16,21H,4,13-15H2,1-3H3,(H,25,26). The number of Topliss-reactive ketones (excluding diaryl/α,β-unsaturated/α-hetero) is 1. The summed E-state index contributed by atoms with van der Waals surface area (Å²) in [6.45, 7) is 4.77. The Morgan fingerprint density at radius 3 is 1.86 bits per heavy atom. The molecule has 0 spiro atoms. The van der Waals surface area contributed by atoms with E-state index in [1.165, 1.54) is 7.11 Å². The van der Waals surface area contributed by atoms with E-state index in [0.717, 1.165) is 17.1 Å². The zero-order valence-corrected chi connectivity index (χ0v) is 17.1.